The molecule has 3 aromatic rings. The summed E-state index contributed by atoms with van der Waals surface area (Å²) in [7, 11) is 0. The zero-order valence-electron chi connectivity index (χ0n) is 14.8. The third-order valence-corrected chi connectivity index (χ3v) is 4.61. The highest BCUT2D eigenvalue weighted by molar-refractivity contribution is 9.10. The first-order valence-electron chi connectivity index (χ1n) is 8.56. The molecule has 0 amide bonds. The van der Waals surface area contributed by atoms with Crippen LogP contribution in [0.15, 0.2) is 53.0 Å². The lowest BCUT2D eigenvalue weighted by Crippen LogP contribution is -2.14. The maximum atomic E-state index is 5.79. The largest absolute Gasteiger partial charge is 0.492 e. The summed E-state index contributed by atoms with van der Waals surface area (Å²) in [4.78, 5) is 4.81. The number of fused-ring (bicyclic) bond motifs is 1. The standard InChI is InChI=1S/C21H23BrN2O/c1-14(2)19-13-16-12-17(22)6-9-20(16)24-21(19)23-10-11-25-18-7-4-15(3)5-8-18/h4-9,12-14H,10-11H2,1-3H3,(H,23,24). The Kier molecular flexibility index (Phi) is 5.59. The number of benzene rings is 2. The van der Waals surface area contributed by atoms with E-state index < -0.39 is 0 Å². The van der Waals surface area contributed by atoms with Crippen LogP contribution in [0.25, 0.3) is 10.9 Å². The summed E-state index contributed by atoms with van der Waals surface area (Å²) in [6.45, 7) is 7.76. The number of rotatable bonds is 6. The molecule has 2 aromatic carbocycles. The van der Waals surface area contributed by atoms with E-state index in [-0.39, 0.29) is 0 Å². The van der Waals surface area contributed by atoms with Crippen molar-refractivity contribution in [3.8, 4) is 5.75 Å². The summed E-state index contributed by atoms with van der Waals surface area (Å²) in [5, 5.41) is 4.59. The van der Waals surface area contributed by atoms with Crippen LogP contribution in [-0.4, -0.2) is 18.1 Å². The molecule has 0 aliphatic carbocycles. The van der Waals surface area contributed by atoms with Gasteiger partial charge in [0.05, 0.1) is 12.1 Å². The Morgan fingerprint density at radius 2 is 1.84 bits per heavy atom. The summed E-state index contributed by atoms with van der Waals surface area (Å²) in [5.74, 6) is 2.24. The number of halogens is 1. The highest BCUT2D eigenvalue weighted by Crippen LogP contribution is 2.28. The van der Waals surface area contributed by atoms with Gasteiger partial charge in [-0.3, -0.25) is 0 Å². The van der Waals surface area contributed by atoms with Crippen LogP contribution in [0.5, 0.6) is 5.75 Å². The molecule has 1 aromatic heterocycles. The van der Waals surface area contributed by atoms with Crippen molar-refractivity contribution in [2.75, 3.05) is 18.5 Å². The number of hydrogen-bond acceptors (Lipinski definition) is 3. The van der Waals surface area contributed by atoms with Gasteiger partial charge in [0.15, 0.2) is 0 Å². The Bertz CT molecular complexity index is 860. The first kappa shape index (κ1) is 17.7. The highest BCUT2D eigenvalue weighted by atomic mass is 79.9. The summed E-state index contributed by atoms with van der Waals surface area (Å²) in [6.07, 6.45) is 0. The van der Waals surface area contributed by atoms with Crippen molar-refractivity contribution < 1.29 is 4.74 Å². The molecule has 1 heterocycles. The molecule has 130 valence electrons. The molecule has 0 saturated carbocycles. The second-order valence-electron chi connectivity index (χ2n) is 6.51. The quantitative estimate of drug-likeness (QED) is 0.523. The van der Waals surface area contributed by atoms with Crippen LogP contribution in [-0.2, 0) is 0 Å². The van der Waals surface area contributed by atoms with E-state index in [0.29, 0.717) is 19.1 Å². The van der Waals surface area contributed by atoms with E-state index in [1.807, 2.05) is 24.3 Å². The van der Waals surface area contributed by atoms with Gasteiger partial charge in [0.1, 0.15) is 18.2 Å². The lowest BCUT2D eigenvalue weighted by molar-refractivity contribution is 0.332. The van der Waals surface area contributed by atoms with Gasteiger partial charge in [-0.1, -0.05) is 47.5 Å². The van der Waals surface area contributed by atoms with Gasteiger partial charge in [-0.2, -0.15) is 0 Å². The smallest absolute Gasteiger partial charge is 0.130 e. The molecular formula is C21H23BrN2O. The van der Waals surface area contributed by atoms with Gasteiger partial charge < -0.3 is 10.1 Å². The molecule has 0 fully saturated rings. The van der Waals surface area contributed by atoms with Crippen molar-refractivity contribution in [3.05, 3.63) is 64.1 Å². The number of hydrogen-bond donors (Lipinski definition) is 1. The SMILES string of the molecule is Cc1ccc(OCCNc2nc3ccc(Br)cc3cc2C(C)C)cc1. The number of anilines is 1. The van der Waals surface area contributed by atoms with Crippen molar-refractivity contribution in [2.24, 2.45) is 0 Å². The number of aromatic nitrogens is 1. The Morgan fingerprint density at radius 1 is 1.08 bits per heavy atom. The molecule has 0 radical (unpaired) electrons. The van der Waals surface area contributed by atoms with Crippen LogP contribution >= 0.6 is 15.9 Å². The van der Waals surface area contributed by atoms with E-state index in [1.165, 1.54) is 11.1 Å². The van der Waals surface area contributed by atoms with E-state index >= 15 is 0 Å². The summed E-state index contributed by atoms with van der Waals surface area (Å²) in [5.41, 5.74) is 3.45. The molecule has 0 saturated heterocycles. The predicted octanol–water partition coefficient (Wildman–Crippen LogP) is 5.92. The number of nitrogens with zero attached hydrogens (tertiary/aromatic N) is 1. The molecule has 25 heavy (non-hydrogen) atoms. The summed E-state index contributed by atoms with van der Waals surface area (Å²) >= 11 is 3.53. The number of ether oxygens (including phenoxy) is 1. The fourth-order valence-corrected chi connectivity index (χ4v) is 3.10. The molecular weight excluding hydrogens is 376 g/mol. The number of pyridine rings is 1. The van der Waals surface area contributed by atoms with E-state index in [0.717, 1.165) is 26.9 Å². The van der Waals surface area contributed by atoms with Crippen LogP contribution < -0.4 is 10.1 Å². The Labute approximate surface area is 157 Å². The van der Waals surface area contributed by atoms with E-state index in [2.05, 4.69) is 66.3 Å². The monoisotopic (exact) mass is 398 g/mol. The zero-order chi connectivity index (χ0) is 17.8. The molecule has 3 nitrogen and oxygen atoms in total. The maximum absolute atomic E-state index is 5.79. The molecule has 0 bridgehead atoms. The van der Waals surface area contributed by atoms with Gasteiger partial charge in [0.2, 0.25) is 0 Å². The van der Waals surface area contributed by atoms with Gasteiger partial charge in [-0.25, -0.2) is 4.98 Å². The Balaban J connectivity index is 1.70. The second-order valence-corrected chi connectivity index (χ2v) is 7.42. The molecule has 0 aliphatic heterocycles. The topological polar surface area (TPSA) is 34.1 Å². The molecule has 1 N–H and O–H groups in total. The second kappa shape index (κ2) is 7.87. The number of aryl methyl sites for hydroxylation is 1. The van der Waals surface area contributed by atoms with Crippen molar-refractivity contribution in [1.29, 1.82) is 0 Å². The first-order valence-corrected chi connectivity index (χ1v) is 9.36. The van der Waals surface area contributed by atoms with Gasteiger partial charge in [0, 0.05) is 9.86 Å². The van der Waals surface area contributed by atoms with Crippen molar-refractivity contribution in [1.82, 2.24) is 4.98 Å². The predicted molar refractivity (Wildman–Crippen MR) is 109 cm³/mol. The fourth-order valence-electron chi connectivity index (χ4n) is 2.72. The van der Waals surface area contributed by atoms with Crippen LogP contribution in [0.3, 0.4) is 0 Å². The van der Waals surface area contributed by atoms with Crippen molar-refractivity contribution >= 4 is 32.7 Å². The average molecular weight is 399 g/mol. The minimum absolute atomic E-state index is 0.399. The molecule has 0 atom stereocenters. The fraction of sp³-hybridized carbons (Fsp3) is 0.286. The van der Waals surface area contributed by atoms with Gasteiger partial charge in [0.25, 0.3) is 0 Å². The lowest BCUT2D eigenvalue weighted by Gasteiger charge is -2.15. The third-order valence-electron chi connectivity index (χ3n) is 4.11. The minimum Gasteiger partial charge on any atom is -0.492 e. The average Bonchev–Trinajstić information content (AvgIpc) is 2.59. The lowest BCUT2D eigenvalue weighted by atomic mass is 10.0. The molecule has 0 spiro atoms. The highest BCUT2D eigenvalue weighted by Gasteiger charge is 2.10. The van der Waals surface area contributed by atoms with Gasteiger partial charge in [-0.05, 0) is 54.8 Å². The Morgan fingerprint density at radius 3 is 2.56 bits per heavy atom. The van der Waals surface area contributed by atoms with Crippen LogP contribution in [0.1, 0.15) is 30.9 Å². The molecule has 0 unspecified atom stereocenters. The zero-order valence-corrected chi connectivity index (χ0v) is 16.4. The van der Waals surface area contributed by atoms with E-state index in [1.54, 1.807) is 0 Å². The summed E-state index contributed by atoms with van der Waals surface area (Å²) < 4.78 is 6.86. The Hall–Kier alpha value is -2.07. The van der Waals surface area contributed by atoms with Crippen molar-refractivity contribution in [2.45, 2.75) is 26.7 Å². The van der Waals surface area contributed by atoms with Gasteiger partial charge >= 0.3 is 0 Å². The van der Waals surface area contributed by atoms with Crippen molar-refractivity contribution in [3.63, 3.8) is 0 Å². The molecule has 3 rings (SSSR count). The molecule has 0 aliphatic rings. The first-order chi connectivity index (χ1) is 12.0. The molecule has 4 heteroatoms. The normalized spacial score (nSPS) is 11.1. The van der Waals surface area contributed by atoms with E-state index in [4.69, 9.17) is 9.72 Å². The van der Waals surface area contributed by atoms with Gasteiger partial charge in [-0.15, -0.1) is 0 Å². The number of nitrogens with one attached hydrogen (secondary N) is 1. The third kappa shape index (κ3) is 4.51. The van der Waals surface area contributed by atoms with E-state index in [9.17, 15) is 0 Å². The summed E-state index contributed by atoms with van der Waals surface area (Å²) in [6, 6.07) is 16.5. The van der Waals surface area contributed by atoms with Crippen LogP contribution in [0.4, 0.5) is 5.82 Å². The van der Waals surface area contributed by atoms with Crippen LogP contribution in [0.2, 0.25) is 0 Å². The van der Waals surface area contributed by atoms with Crippen LogP contribution in [0, 0.1) is 6.92 Å². The minimum atomic E-state index is 0.399. The maximum Gasteiger partial charge on any atom is 0.130 e.